The molecule has 82 valence electrons. The smallest absolute Gasteiger partial charge is 0.229 e. The summed E-state index contributed by atoms with van der Waals surface area (Å²) < 4.78 is 0. The maximum Gasteiger partial charge on any atom is 0.229 e. The fourth-order valence-electron chi connectivity index (χ4n) is 1.07. The summed E-state index contributed by atoms with van der Waals surface area (Å²) in [5.74, 6) is 0.0238. The Morgan fingerprint density at radius 2 is 1.80 bits per heavy atom. The van der Waals surface area contributed by atoms with Gasteiger partial charge < -0.3 is 10.6 Å². The van der Waals surface area contributed by atoms with Crippen LogP contribution in [0.3, 0.4) is 0 Å². The molecule has 1 amide bonds. The summed E-state index contributed by atoms with van der Waals surface area (Å²) >= 11 is 0. The molecule has 0 aliphatic heterocycles. The van der Waals surface area contributed by atoms with Gasteiger partial charge in [-0.25, -0.2) is 0 Å². The molecular weight excluding hydrogens is 188 g/mol. The second kappa shape index (κ2) is 4.34. The van der Waals surface area contributed by atoms with Gasteiger partial charge in [0.2, 0.25) is 5.91 Å². The molecule has 0 atom stereocenters. The van der Waals surface area contributed by atoms with Crippen LogP contribution >= 0.6 is 0 Å². The van der Waals surface area contributed by atoms with Crippen LogP contribution in [0.5, 0.6) is 0 Å². The van der Waals surface area contributed by atoms with E-state index < -0.39 is 0 Å². The molecule has 0 fully saturated rings. The Morgan fingerprint density at radius 1 is 1.20 bits per heavy atom. The lowest BCUT2D eigenvalue weighted by Crippen LogP contribution is -2.27. The van der Waals surface area contributed by atoms with E-state index >= 15 is 0 Å². The van der Waals surface area contributed by atoms with E-state index in [0.29, 0.717) is 0 Å². The highest BCUT2D eigenvalue weighted by Crippen LogP contribution is 2.19. The Morgan fingerprint density at radius 3 is 2.33 bits per heavy atom. The highest BCUT2D eigenvalue weighted by Gasteiger charge is 2.20. The molecule has 3 nitrogen and oxygen atoms in total. The first-order valence-electron chi connectivity index (χ1n) is 5.03. The third-order valence-electron chi connectivity index (χ3n) is 2.09. The maximum atomic E-state index is 11.7. The molecule has 0 spiro atoms. The van der Waals surface area contributed by atoms with Gasteiger partial charge in [-0.3, -0.25) is 4.79 Å². The first-order valence-corrected chi connectivity index (χ1v) is 5.03. The second-order valence-corrected chi connectivity index (χ2v) is 4.53. The van der Waals surface area contributed by atoms with Crippen LogP contribution in [0, 0.1) is 5.41 Å². The Kier molecular flexibility index (Phi) is 3.35. The fourth-order valence-corrected chi connectivity index (χ4v) is 1.07. The average molecular weight is 206 g/mol. The molecule has 0 saturated carbocycles. The third kappa shape index (κ3) is 3.27. The number of anilines is 2. The molecule has 0 heterocycles. The van der Waals surface area contributed by atoms with Crippen molar-refractivity contribution in [2.24, 2.45) is 5.41 Å². The number of benzene rings is 1. The van der Waals surface area contributed by atoms with Gasteiger partial charge >= 0.3 is 0 Å². The standard InChI is InChI=1S/C12H18N2O/c1-12(2,3)11(15)14-10-7-5-6-9(8-10)13-4/h5-8,13H,1-4H3,(H,14,15). The van der Waals surface area contributed by atoms with E-state index in [9.17, 15) is 4.79 Å². The predicted octanol–water partition coefficient (Wildman–Crippen LogP) is 2.71. The van der Waals surface area contributed by atoms with Crippen molar-refractivity contribution in [3.8, 4) is 0 Å². The summed E-state index contributed by atoms with van der Waals surface area (Å²) in [4.78, 5) is 11.7. The van der Waals surface area contributed by atoms with Crippen molar-refractivity contribution in [2.45, 2.75) is 20.8 Å². The van der Waals surface area contributed by atoms with Crippen LogP contribution in [0.25, 0.3) is 0 Å². The topological polar surface area (TPSA) is 41.1 Å². The fraction of sp³-hybridized carbons (Fsp3) is 0.417. The Hall–Kier alpha value is -1.51. The Balaban J connectivity index is 2.77. The first kappa shape index (κ1) is 11.6. The minimum atomic E-state index is -0.365. The number of nitrogens with one attached hydrogen (secondary N) is 2. The van der Waals surface area contributed by atoms with Gasteiger partial charge in [0.15, 0.2) is 0 Å². The largest absolute Gasteiger partial charge is 0.388 e. The van der Waals surface area contributed by atoms with Crippen molar-refractivity contribution in [1.82, 2.24) is 0 Å². The number of carbonyl (C=O) groups excluding carboxylic acids is 1. The molecule has 1 aromatic rings. The van der Waals surface area contributed by atoms with Crippen LogP contribution < -0.4 is 10.6 Å². The van der Waals surface area contributed by atoms with Crippen molar-refractivity contribution in [3.63, 3.8) is 0 Å². The van der Waals surface area contributed by atoms with Crippen molar-refractivity contribution in [2.75, 3.05) is 17.7 Å². The van der Waals surface area contributed by atoms with Gasteiger partial charge in [0.1, 0.15) is 0 Å². The SMILES string of the molecule is CNc1cccc(NC(=O)C(C)(C)C)c1. The highest BCUT2D eigenvalue weighted by atomic mass is 16.2. The summed E-state index contributed by atoms with van der Waals surface area (Å²) in [6.07, 6.45) is 0. The van der Waals surface area contributed by atoms with E-state index in [1.165, 1.54) is 0 Å². The van der Waals surface area contributed by atoms with Gasteiger partial charge in [0.25, 0.3) is 0 Å². The van der Waals surface area contributed by atoms with Crippen LogP contribution in [-0.2, 0) is 4.79 Å². The number of rotatable bonds is 2. The van der Waals surface area contributed by atoms with Crippen LogP contribution in [0.2, 0.25) is 0 Å². The van der Waals surface area contributed by atoms with Crippen LogP contribution in [0.1, 0.15) is 20.8 Å². The summed E-state index contributed by atoms with van der Waals surface area (Å²) in [5, 5.41) is 5.91. The molecule has 0 aliphatic carbocycles. The van der Waals surface area contributed by atoms with Gasteiger partial charge in [0, 0.05) is 23.8 Å². The molecule has 0 unspecified atom stereocenters. The Labute approximate surface area is 90.9 Å². The molecule has 3 heteroatoms. The Bertz CT molecular complexity index is 353. The zero-order chi connectivity index (χ0) is 11.5. The lowest BCUT2D eigenvalue weighted by molar-refractivity contribution is -0.123. The molecule has 0 saturated heterocycles. The van der Waals surface area contributed by atoms with Crippen molar-refractivity contribution in [3.05, 3.63) is 24.3 Å². The molecule has 0 aliphatic rings. The first-order chi connectivity index (χ1) is 6.93. The van der Waals surface area contributed by atoms with Gasteiger partial charge in [0.05, 0.1) is 0 Å². The van der Waals surface area contributed by atoms with Crippen molar-refractivity contribution < 1.29 is 4.79 Å². The molecule has 15 heavy (non-hydrogen) atoms. The average Bonchev–Trinajstić information content (AvgIpc) is 2.16. The van der Waals surface area contributed by atoms with E-state index in [2.05, 4.69) is 10.6 Å². The lowest BCUT2D eigenvalue weighted by Gasteiger charge is -2.17. The second-order valence-electron chi connectivity index (χ2n) is 4.53. The van der Waals surface area contributed by atoms with E-state index in [1.54, 1.807) is 0 Å². The zero-order valence-corrected chi connectivity index (χ0v) is 9.72. The van der Waals surface area contributed by atoms with E-state index in [1.807, 2.05) is 52.1 Å². The molecule has 0 aromatic heterocycles. The monoisotopic (exact) mass is 206 g/mol. The number of hydrogen-bond acceptors (Lipinski definition) is 2. The lowest BCUT2D eigenvalue weighted by atomic mass is 9.95. The van der Waals surface area contributed by atoms with Gasteiger partial charge in [-0.05, 0) is 18.2 Å². The third-order valence-corrected chi connectivity index (χ3v) is 2.09. The van der Waals surface area contributed by atoms with E-state index in [-0.39, 0.29) is 11.3 Å². The molecule has 1 rings (SSSR count). The van der Waals surface area contributed by atoms with E-state index in [4.69, 9.17) is 0 Å². The summed E-state index contributed by atoms with van der Waals surface area (Å²) in [6, 6.07) is 7.64. The van der Waals surface area contributed by atoms with Crippen molar-refractivity contribution in [1.29, 1.82) is 0 Å². The van der Waals surface area contributed by atoms with Gasteiger partial charge in [-0.1, -0.05) is 26.8 Å². The minimum Gasteiger partial charge on any atom is -0.388 e. The van der Waals surface area contributed by atoms with Crippen LogP contribution in [0.15, 0.2) is 24.3 Å². The normalized spacial score (nSPS) is 10.9. The zero-order valence-electron chi connectivity index (χ0n) is 9.72. The van der Waals surface area contributed by atoms with Crippen LogP contribution in [0.4, 0.5) is 11.4 Å². The number of carbonyl (C=O) groups is 1. The van der Waals surface area contributed by atoms with Crippen molar-refractivity contribution >= 4 is 17.3 Å². The molecule has 0 radical (unpaired) electrons. The minimum absolute atomic E-state index is 0.0238. The van der Waals surface area contributed by atoms with E-state index in [0.717, 1.165) is 11.4 Å². The maximum absolute atomic E-state index is 11.7. The molecule has 2 N–H and O–H groups in total. The quantitative estimate of drug-likeness (QED) is 0.781. The van der Waals surface area contributed by atoms with Gasteiger partial charge in [-0.15, -0.1) is 0 Å². The summed E-state index contributed by atoms with van der Waals surface area (Å²) in [7, 11) is 1.85. The van der Waals surface area contributed by atoms with Gasteiger partial charge in [-0.2, -0.15) is 0 Å². The summed E-state index contributed by atoms with van der Waals surface area (Å²) in [5.41, 5.74) is 1.44. The highest BCUT2D eigenvalue weighted by molar-refractivity contribution is 5.94. The molecule has 0 bridgehead atoms. The number of hydrogen-bond donors (Lipinski definition) is 2. The van der Waals surface area contributed by atoms with Crippen LogP contribution in [-0.4, -0.2) is 13.0 Å². The molecular formula is C12H18N2O. The molecule has 1 aromatic carbocycles. The summed E-state index contributed by atoms with van der Waals surface area (Å²) in [6.45, 7) is 5.68. The number of amides is 1. The predicted molar refractivity (Wildman–Crippen MR) is 64.1 cm³/mol.